The minimum Gasteiger partial charge on any atom is -0.321 e. The molecule has 0 aliphatic heterocycles. The molecule has 0 fully saturated rings. The number of nitrogens with one attached hydrogen (secondary N) is 1. The molecule has 1 N–H and O–H groups in total. The number of carbonyl (C=O) groups is 1. The van der Waals surface area contributed by atoms with E-state index in [-0.39, 0.29) is 25.3 Å². The Balaban J connectivity index is 1.52. The van der Waals surface area contributed by atoms with E-state index in [0.29, 0.717) is 21.8 Å². The summed E-state index contributed by atoms with van der Waals surface area (Å²) in [6.45, 7) is 0.410. The van der Waals surface area contributed by atoms with Crippen LogP contribution in [0.25, 0.3) is 0 Å². The molecular formula is C26H20F5N3OS. The Kier molecular flexibility index (Phi) is 7.76. The molecule has 4 rings (SSSR count). The molecule has 0 aliphatic rings. The van der Waals surface area contributed by atoms with E-state index in [1.807, 2.05) is 0 Å². The quantitative estimate of drug-likeness (QED) is 0.259. The highest BCUT2D eigenvalue weighted by atomic mass is 32.1. The fraction of sp³-hybridized carbons (Fsp3) is 0.154. The molecule has 0 bridgehead atoms. The molecule has 10 heteroatoms. The SMILES string of the molecule is O=C(Nc1ccc(F)cc1)c1csc(CN(Cc2cccc(C(F)(F)F)c2)Cc2ccccc2F)n1. The van der Waals surface area contributed by atoms with Crippen molar-refractivity contribution in [3.05, 3.63) is 117 Å². The van der Waals surface area contributed by atoms with Crippen LogP contribution in [-0.2, 0) is 25.8 Å². The highest BCUT2D eigenvalue weighted by molar-refractivity contribution is 7.09. The predicted molar refractivity (Wildman–Crippen MR) is 127 cm³/mol. The molecule has 1 aromatic heterocycles. The molecule has 1 heterocycles. The van der Waals surface area contributed by atoms with Crippen LogP contribution in [0.1, 0.15) is 32.2 Å². The summed E-state index contributed by atoms with van der Waals surface area (Å²) in [4.78, 5) is 18.6. The Bertz CT molecular complexity index is 1340. The standard InChI is InChI=1S/C26H20F5N3OS/c27-20-8-10-21(11-9-20)32-25(35)23-16-36-24(33-23)15-34(14-18-5-1-2-7-22(18)28)13-17-4-3-6-19(12-17)26(29,30)31/h1-12,16H,13-15H2,(H,32,35). The van der Waals surface area contributed by atoms with Crippen molar-refractivity contribution >= 4 is 22.9 Å². The minimum atomic E-state index is -4.48. The first-order valence-electron chi connectivity index (χ1n) is 10.8. The van der Waals surface area contributed by atoms with Crippen LogP contribution in [-0.4, -0.2) is 15.8 Å². The number of thiazole rings is 1. The minimum absolute atomic E-state index is 0.106. The summed E-state index contributed by atoms with van der Waals surface area (Å²) in [5, 5.41) is 4.71. The summed E-state index contributed by atoms with van der Waals surface area (Å²) < 4.78 is 66.9. The summed E-state index contributed by atoms with van der Waals surface area (Å²) in [5.41, 5.74) is 0.577. The summed E-state index contributed by atoms with van der Waals surface area (Å²) in [6, 6.07) is 16.4. The van der Waals surface area contributed by atoms with Gasteiger partial charge in [0.25, 0.3) is 5.91 Å². The third-order valence-corrected chi connectivity index (χ3v) is 6.09. The lowest BCUT2D eigenvalue weighted by Crippen LogP contribution is -2.23. The fourth-order valence-electron chi connectivity index (χ4n) is 3.55. The van der Waals surface area contributed by atoms with Crippen LogP contribution in [0.2, 0.25) is 0 Å². The number of halogens is 5. The van der Waals surface area contributed by atoms with E-state index in [1.54, 1.807) is 34.5 Å². The highest BCUT2D eigenvalue weighted by Gasteiger charge is 2.30. The Morgan fingerprint density at radius 1 is 0.917 bits per heavy atom. The van der Waals surface area contributed by atoms with E-state index in [9.17, 15) is 26.7 Å². The third kappa shape index (κ3) is 6.73. The van der Waals surface area contributed by atoms with Crippen molar-refractivity contribution in [2.24, 2.45) is 0 Å². The van der Waals surface area contributed by atoms with Gasteiger partial charge < -0.3 is 5.32 Å². The van der Waals surface area contributed by atoms with Crippen LogP contribution >= 0.6 is 11.3 Å². The monoisotopic (exact) mass is 517 g/mol. The van der Waals surface area contributed by atoms with Gasteiger partial charge in [0.05, 0.1) is 12.1 Å². The zero-order valence-corrected chi connectivity index (χ0v) is 19.5. The van der Waals surface area contributed by atoms with Crippen molar-refractivity contribution in [1.29, 1.82) is 0 Å². The number of carbonyl (C=O) groups excluding carboxylic acids is 1. The van der Waals surface area contributed by atoms with Gasteiger partial charge in [-0.2, -0.15) is 13.2 Å². The Labute approximate surface area is 208 Å². The number of aromatic nitrogens is 1. The van der Waals surface area contributed by atoms with Crippen LogP contribution in [0.4, 0.5) is 27.6 Å². The first kappa shape index (κ1) is 25.5. The van der Waals surface area contributed by atoms with Crippen molar-refractivity contribution in [1.82, 2.24) is 9.88 Å². The van der Waals surface area contributed by atoms with Gasteiger partial charge in [-0.05, 0) is 42.0 Å². The topological polar surface area (TPSA) is 45.2 Å². The molecule has 36 heavy (non-hydrogen) atoms. The Morgan fingerprint density at radius 2 is 1.67 bits per heavy atom. The average molecular weight is 518 g/mol. The van der Waals surface area contributed by atoms with E-state index < -0.39 is 29.3 Å². The van der Waals surface area contributed by atoms with Gasteiger partial charge >= 0.3 is 6.18 Å². The average Bonchev–Trinajstić information content (AvgIpc) is 3.30. The number of benzene rings is 3. The lowest BCUT2D eigenvalue weighted by molar-refractivity contribution is -0.137. The van der Waals surface area contributed by atoms with Crippen LogP contribution in [0.5, 0.6) is 0 Å². The van der Waals surface area contributed by atoms with Crippen molar-refractivity contribution < 1.29 is 26.7 Å². The van der Waals surface area contributed by atoms with Crippen LogP contribution < -0.4 is 5.32 Å². The summed E-state index contributed by atoms with van der Waals surface area (Å²) in [6.07, 6.45) is -4.48. The van der Waals surface area contributed by atoms with Gasteiger partial charge in [-0.1, -0.05) is 36.4 Å². The molecule has 4 aromatic rings. The Morgan fingerprint density at radius 3 is 2.39 bits per heavy atom. The molecule has 0 aliphatic carbocycles. The smallest absolute Gasteiger partial charge is 0.321 e. The summed E-state index contributed by atoms with van der Waals surface area (Å²) >= 11 is 1.20. The van der Waals surface area contributed by atoms with Crippen LogP contribution in [0.15, 0.2) is 78.2 Å². The number of amides is 1. The van der Waals surface area contributed by atoms with Gasteiger partial charge in [-0.3, -0.25) is 9.69 Å². The second kappa shape index (κ2) is 11.0. The molecule has 0 saturated carbocycles. The maximum Gasteiger partial charge on any atom is 0.416 e. The maximum absolute atomic E-state index is 14.3. The van der Waals surface area contributed by atoms with E-state index in [4.69, 9.17) is 0 Å². The van der Waals surface area contributed by atoms with E-state index >= 15 is 0 Å². The largest absolute Gasteiger partial charge is 0.416 e. The Hall–Kier alpha value is -3.63. The molecule has 0 saturated heterocycles. The summed E-state index contributed by atoms with van der Waals surface area (Å²) in [5.74, 6) is -1.34. The van der Waals surface area contributed by atoms with Gasteiger partial charge in [0.15, 0.2) is 0 Å². The summed E-state index contributed by atoms with van der Waals surface area (Å²) in [7, 11) is 0. The predicted octanol–water partition coefficient (Wildman–Crippen LogP) is 6.89. The second-order valence-corrected chi connectivity index (χ2v) is 8.96. The molecular weight excluding hydrogens is 497 g/mol. The first-order chi connectivity index (χ1) is 17.2. The normalized spacial score (nSPS) is 11.6. The lowest BCUT2D eigenvalue weighted by Gasteiger charge is -2.22. The molecule has 0 unspecified atom stereocenters. The number of nitrogens with zero attached hydrogens (tertiary/aromatic N) is 2. The van der Waals surface area contributed by atoms with E-state index in [0.717, 1.165) is 12.1 Å². The van der Waals surface area contributed by atoms with Crippen LogP contribution in [0, 0.1) is 11.6 Å². The van der Waals surface area contributed by atoms with Gasteiger partial charge in [0, 0.05) is 29.7 Å². The number of rotatable bonds is 8. The molecule has 186 valence electrons. The zero-order valence-electron chi connectivity index (χ0n) is 18.7. The molecule has 4 nitrogen and oxygen atoms in total. The highest BCUT2D eigenvalue weighted by Crippen LogP contribution is 2.30. The maximum atomic E-state index is 14.3. The molecule has 1 amide bonds. The molecule has 0 atom stereocenters. The van der Waals surface area contributed by atoms with Crippen molar-refractivity contribution in [2.45, 2.75) is 25.8 Å². The second-order valence-electron chi connectivity index (χ2n) is 8.02. The molecule has 0 radical (unpaired) electrons. The van der Waals surface area contributed by atoms with Crippen LogP contribution in [0.3, 0.4) is 0 Å². The van der Waals surface area contributed by atoms with Crippen molar-refractivity contribution in [3.63, 3.8) is 0 Å². The van der Waals surface area contributed by atoms with E-state index in [1.165, 1.54) is 47.7 Å². The number of anilines is 1. The van der Waals surface area contributed by atoms with Crippen molar-refractivity contribution in [2.75, 3.05) is 5.32 Å². The van der Waals surface area contributed by atoms with E-state index in [2.05, 4.69) is 10.3 Å². The van der Waals surface area contributed by atoms with Gasteiger partial charge in [-0.15, -0.1) is 11.3 Å². The zero-order chi connectivity index (χ0) is 25.7. The number of hydrogen-bond donors (Lipinski definition) is 1. The fourth-order valence-corrected chi connectivity index (χ4v) is 4.36. The number of alkyl halides is 3. The molecule has 0 spiro atoms. The van der Waals surface area contributed by atoms with Gasteiger partial charge in [0.1, 0.15) is 22.3 Å². The third-order valence-electron chi connectivity index (χ3n) is 5.26. The first-order valence-corrected chi connectivity index (χ1v) is 11.7. The lowest BCUT2D eigenvalue weighted by atomic mass is 10.1. The number of hydrogen-bond acceptors (Lipinski definition) is 4. The van der Waals surface area contributed by atoms with Gasteiger partial charge in [0.2, 0.25) is 0 Å². The molecule has 3 aromatic carbocycles. The van der Waals surface area contributed by atoms with Gasteiger partial charge in [-0.25, -0.2) is 13.8 Å². The van der Waals surface area contributed by atoms with Crippen molar-refractivity contribution in [3.8, 4) is 0 Å².